The Morgan fingerprint density at radius 3 is 2.28 bits per heavy atom. The lowest BCUT2D eigenvalue weighted by atomic mass is 9.78. The smallest absolute Gasteiger partial charge is 0.0202 e. The molecule has 0 radical (unpaired) electrons. The Morgan fingerprint density at radius 2 is 1.83 bits per heavy atom. The van der Waals surface area contributed by atoms with Crippen molar-refractivity contribution in [2.45, 2.75) is 59.4 Å². The number of likely N-dealkylation sites (tertiary alicyclic amines) is 1. The van der Waals surface area contributed by atoms with Gasteiger partial charge >= 0.3 is 0 Å². The van der Waals surface area contributed by atoms with Crippen molar-refractivity contribution in [1.29, 1.82) is 0 Å². The first-order chi connectivity index (χ1) is 8.24. The van der Waals surface area contributed by atoms with E-state index in [4.69, 9.17) is 0 Å². The van der Waals surface area contributed by atoms with E-state index >= 15 is 0 Å². The van der Waals surface area contributed by atoms with Crippen LogP contribution in [0.2, 0.25) is 0 Å². The van der Waals surface area contributed by atoms with Gasteiger partial charge < -0.3 is 5.32 Å². The molecule has 1 N–H and O–H groups in total. The van der Waals surface area contributed by atoms with Crippen LogP contribution in [-0.2, 0) is 0 Å². The number of hydrogen-bond acceptors (Lipinski definition) is 2. The Hall–Kier alpha value is -0.340. The van der Waals surface area contributed by atoms with E-state index in [-0.39, 0.29) is 5.54 Å². The van der Waals surface area contributed by atoms with Crippen LogP contribution in [0, 0.1) is 5.41 Å². The molecule has 0 unspecified atom stereocenters. The van der Waals surface area contributed by atoms with Crippen LogP contribution in [0.15, 0.2) is 12.2 Å². The van der Waals surface area contributed by atoms with Crippen molar-refractivity contribution >= 4 is 0 Å². The fourth-order valence-corrected chi connectivity index (χ4v) is 2.37. The lowest BCUT2D eigenvalue weighted by Gasteiger charge is -2.39. The van der Waals surface area contributed by atoms with Crippen molar-refractivity contribution in [3.8, 4) is 0 Å². The largest absolute Gasteiger partial charge is 0.308 e. The Morgan fingerprint density at radius 1 is 1.28 bits per heavy atom. The minimum Gasteiger partial charge on any atom is -0.308 e. The molecule has 1 fully saturated rings. The van der Waals surface area contributed by atoms with Crippen LogP contribution in [0.1, 0.15) is 53.9 Å². The fourth-order valence-electron chi connectivity index (χ4n) is 2.37. The van der Waals surface area contributed by atoms with Gasteiger partial charge in [0.05, 0.1) is 0 Å². The zero-order valence-electron chi connectivity index (χ0n) is 13.1. The normalized spacial score (nSPS) is 20.9. The highest BCUT2D eigenvalue weighted by Crippen LogP contribution is 2.33. The molecule has 0 aromatic carbocycles. The van der Waals surface area contributed by atoms with Crippen LogP contribution in [0.25, 0.3) is 0 Å². The summed E-state index contributed by atoms with van der Waals surface area (Å²) >= 11 is 0. The van der Waals surface area contributed by atoms with Crippen LogP contribution in [-0.4, -0.2) is 36.6 Å². The summed E-state index contributed by atoms with van der Waals surface area (Å²) < 4.78 is 0. The molecule has 1 aliphatic heterocycles. The van der Waals surface area contributed by atoms with E-state index in [1.807, 2.05) is 0 Å². The SMILES string of the molecule is C=C(CNC(C)(C)C)CN1CCC(C)(CC)CC1. The van der Waals surface area contributed by atoms with E-state index in [9.17, 15) is 0 Å². The standard InChI is InChI=1S/C16H32N2/c1-7-16(6)8-10-18(11-9-16)13-14(2)12-17-15(3,4)5/h17H,2,7-13H2,1,3-6H3. The topological polar surface area (TPSA) is 15.3 Å². The predicted molar refractivity (Wildman–Crippen MR) is 81.0 cm³/mol. The molecule has 0 aromatic heterocycles. The molecule has 1 saturated heterocycles. The van der Waals surface area contributed by atoms with Crippen molar-refractivity contribution in [2.24, 2.45) is 5.41 Å². The molecule has 0 aliphatic carbocycles. The fraction of sp³-hybridized carbons (Fsp3) is 0.875. The van der Waals surface area contributed by atoms with Gasteiger partial charge in [-0.2, -0.15) is 0 Å². The molecule has 0 spiro atoms. The van der Waals surface area contributed by atoms with Crippen molar-refractivity contribution in [3.05, 3.63) is 12.2 Å². The molecule has 0 amide bonds. The summed E-state index contributed by atoms with van der Waals surface area (Å²) in [6.45, 7) is 20.0. The molecule has 0 atom stereocenters. The van der Waals surface area contributed by atoms with E-state index < -0.39 is 0 Å². The van der Waals surface area contributed by atoms with Gasteiger partial charge in [0.15, 0.2) is 0 Å². The average molecular weight is 252 g/mol. The maximum absolute atomic E-state index is 4.20. The summed E-state index contributed by atoms with van der Waals surface area (Å²) in [5.41, 5.74) is 2.08. The third-order valence-electron chi connectivity index (χ3n) is 4.23. The monoisotopic (exact) mass is 252 g/mol. The third-order valence-corrected chi connectivity index (χ3v) is 4.23. The lowest BCUT2D eigenvalue weighted by Crippen LogP contribution is -2.42. The molecule has 1 heterocycles. The highest BCUT2D eigenvalue weighted by atomic mass is 15.1. The lowest BCUT2D eigenvalue weighted by molar-refractivity contribution is 0.122. The third kappa shape index (κ3) is 5.53. The number of hydrogen-bond donors (Lipinski definition) is 1. The van der Waals surface area contributed by atoms with Gasteiger partial charge in [-0.25, -0.2) is 0 Å². The predicted octanol–water partition coefficient (Wildman–Crippen LogP) is 3.44. The van der Waals surface area contributed by atoms with Crippen LogP contribution < -0.4 is 5.32 Å². The van der Waals surface area contributed by atoms with E-state index in [0.29, 0.717) is 5.41 Å². The molecular weight excluding hydrogens is 220 g/mol. The maximum atomic E-state index is 4.20. The van der Waals surface area contributed by atoms with Crippen molar-refractivity contribution in [3.63, 3.8) is 0 Å². The second-order valence-corrected chi connectivity index (χ2v) is 7.29. The Balaban J connectivity index is 2.27. The van der Waals surface area contributed by atoms with E-state index in [2.05, 4.69) is 51.4 Å². The maximum Gasteiger partial charge on any atom is 0.0202 e. The molecule has 18 heavy (non-hydrogen) atoms. The summed E-state index contributed by atoms with van der Waals surface area (Å²) in [6, 6.07) is 0. The van der Waals surface area contributed by atoms with Crippen molar-refractivity contribution < 1.29 is 0 Å². The summed E-state index contributed by atoms with van der Waals surface area (Å²) in [5.74, 6) is 0. The molecule has 0 bridgehead atoms. The van der Waals surface area contributed by atoms with Crippen LogP contribution in [0.4, 0.5) is 0 Å². The van der Waals surface area contributed by atoms with Crippen molar-refractivity contribution in [1.82, 2.24) is 10.2 Å². The van der Waals surface area contributed by atoms with Crippen LogP contribution in [0.3, 0.4) is 0 Å². The quantitative estimate of drug-likeness (QED) is 0.754. The summed E-state index contributed by atoms with van der Waals surface area (Å²) in [6.07, 6.45) is 3.99. The Labute approximate surface area is 114 Å². The summed E-state index contributed by atoms with van der Waals surface area (Å²) in [7, 11) is 0. The molecule has 0 aromatic rings. The first kappa shape index (κ1) is 15.7. The van der Waals surface area contributed by atoms with E-state index in [1.165, 1.54) is 37.9 Å². The van der Waals surface area contributed by atoms with E-state index in [0.717, 1.165) is 13.1 Å². The van der Waals surface area contributed by atoms with Gasteiger partial charge in [-0.1, -0.05) is 26.8 Å². The first-order valence-corrected chi connectivity index (χ1v) is 7.38. The molecule has 2 heteroatoms. The molecule has 106 valence electrons. The van der Waals surface area contributed by atoms with Gasteiger partial charge in [0.1, 0.15) is 0 Å². The van der Waals surface area contributed by atoms with Gasteiger partial charge in [0.2, 0.25) is 0 Å². The second-order valence-electron chi connectivity index (χ2n) is 7.29. The Kier molecular flexibility index (Phi) is 5.42. The average Bonchev–Trinajstić information content (AvgIpc) is 2.29. The van der Waals surface area contributed by atoms with Gasteiger partial charge in [-0.3, -0.25) is 4.90 Å². The van der Waals surface area contributed by atoms with Crippen molar-refractivity contribution in [2.75, 3.05) is 26.2 Å². The first-order valence-electron chi connectivity index (χ1n) is 7.38. The summed E-state index contributed by atoms with van der Waals surface area (Å²) in [5, 5.41) is 3.51. The minimum absolute atomic E-state index is 0.186. The number of rotatable bonds is 5. The van der Waals surface area contributed by atoms with Gasteiger partial charge in [-0.15, -0.1) is 0 Å². The van der Waals surface area contributed by atoms with Gasteiger partial charge in [-0.05, 0) is 57.7 Å². The highest BCUT2D eigenvalue weighted by Gasteiger charge is 2.28. The summed E-state index contributed by atoms with van der Waals surface area (Å²) in [4.78, 5) is 2.56. The number of piperidine rings is 1. The van der Waals surface area contributed by atoms with E-state index in [1.54, 1.807) is 0 Å². The Bertz CT molecular complexity index is 267. The zero-order valence-corrected chi connectivity index (χ0v) is 13.1. The zero-order chi connectivity index (χ0) is 13.8. The molecule has 1 aliphatic rings. The highest BCUT2D eigenvalue weighted by molar-refractivity contribution is 5.02. The molecule has 1 rings (SSSR count). The number of nitrogens with one attached hydrogen (secondary N) is 1. The molecule has 2 nitrogen and oxygen atoms in total. The van der Waals surface area contributed by atoms with Gasteiger partial charge in [0.25, 0.3) is 0 Å². The molecule has 0 saturated carbocycles. The number of nitrogens with zero attached hydrogens (tertiary/aromatic N) is 1. The minimum atomic E-state index is 0.186. The van der Waals surface area contributed by atoms with Gasteiger partial charge in [0, 0.05) is 18.6 Å². The molecular formula is C16H32N2. The van der Waals surface area contributed by atoms with Crippen LogP contribution in [0.5, 0.6) is 0 Å². The van der Waals surface area contributed by atoms with Crippen LogP contribution >= 0.6 is 0 Å². The second kappa shape index (κ2) is 6.21.